The van der Waals surface area contributed by atoms with Crippen molar-refractivity contribution >= 4 is 17.1 Å². The van der Waals surface area contributed by atoms with Crippen LogP contribution in [-0.4, -0.2) is 35.4 Å². The lowest BCUT2D eigenvalue weighted by molar-refractivity contribution is -0.157. The first-order chi connectivity index (χ1) is 20.2. The number of hydrogen-bond acceptors (Lipinski definition) is 6. The monoisotopic (exact) mass is 568 g/mol. The molecule has 0 aromatic heterocycles. The number of benzene rings is 4. The molecule has 0 aliphatic carbocycles. The lowest BCUT2D eigenvalue weighted by atomic mass is 10.0. The molecule has 4 aromatic carbocycles. The molecule has 4 aromatic rings. The maximum atomic E-state index is 14.0. The summed E-state index contributed by atoms with van der Waals surface area (Å²) in [5, 5.41) is 0. The van der Waals surface area contributed by atoms with Crippen LogP contribution in [0.4, 0.5) is 0 Å². The van der Waals surface area contributed by atoms with Crippen LogP contribution in [0.2, 0.25) is 0 Å². The van der Waals surface area contributed by atoms with Gasteiger partial charge >= 0.3 is 0 Å². The molecule has 0 N–H and O–H groups in total. The van der Waals surface area contributed by atoms with Crippen molar-refractivity contribution in [2.24, 2.45) is 0 Å². The Morgan fingerprint density at radius 2 is 1.15 bits per heavy atom. The minimum Gasteiger partial charge on any atom is -0.481 e. The van der Waals surface area contributed by atoms with E-state index in [1.54, 1.807) is 12.1 Å². The number of hydrogen-bond donors (Lipinski definition) is 0. The van der Waals surface area contributed by atoms with Gasteiger partial charge in [-0.2, -0.15) is 0 Å². The van der Waals surface area contributed by atoms with Gasteiger partial charge in [0.25, 0.3) is 0 Å². The van der Waals surface area contributed by atoms with Crippen molar-refractivity contribution in [3.8, 4) is 0 Å². The molecule has 0 radical (unpaired) electrons. The molecule has 0 saturated carbocycles. The number of ether oxygens (including phenoxy) is 4. The normalized spacial score (nSPS) is 19.4. The van der Waals surface area contributed by atoms with E-state index in [1.165, 1.54) is 0 Å². The Kier molecular flexibility index (Phi) is 10.2. The van der Waals surface area contributed by atoms with Crippen LogP contribution in [-0.2, 0) is 54.4 Å². The van der Waals surface area contributed by atoms with Gasteiger partial charge in [-0.1, -0.05) is 109 Å². The van der Waals surface area contributed by atoms with E-state index in [0.717, 1.165) is 16.7 Å². The highest BCUT2D eigenvalue weighted by molar-refractivity contribution is 7.89. The van der Waals surface area contributed by atoms with Gasteiger partial charge in [0, 0.05) is 4.90 Å². The summed E-state index contributed by atoms with van der Waals surface area (Å²) in [6.07, 6.45) is -1.62. The Morgan fingerprint density at radius 1 is 0.659 bits per heavy atom. The molecule has 7 heteroatoms. The Morgan fingerprint density at radius 3 is 1.68 bits per heavy atom. The summed E-state index contributed by atoms with van der Waals surface area (Å²) in [5.74, 6) is -0.0156. The van der Waals surface area contributed by atoms with E-state index in [-0.39, 0.29) is 30.5 Å². The molecule has 0 fully saturated rings. The second kappa shape index (κ2) is 14.7. The number of aldehydes is 1. The second-order valence-corrected chi connectivity index (χ2v) is 11.0. The smallest absolute Gasteiger partial charge is 0.185 e. The van der Waals surface area contributed by atoms with Crippen molar-refractivity contribution in [3.05, 3.63) is 149 Å². The molecule has 210 valence electrons. The summed E-state index contributed by atoms with van der Waals surface area (Å²) in [6.45, 7) is 1.01. The van der Waals surface area contributed by atoms with Gasteiger partial charge in [-0.05, 0) is 28.8 Å². The first kappa shape index (κ1) is 28.6. The lowest BCUT2D eigenvalue weighted by Gasteiger charge is -2.39. The number of rotatable bonds is 13. The van der Waals surface area contributed by atoms with E-state index in [2.05, 4.69) is 0 Å². The maximum Gasteiger partial charge on any atom is 0.185 e. The molecule has 41 heavy (non-hydrogen) atoms. The topological polar surface area (TPSA) is 71.1 Å². The minimum absolute atomic E-state index is 0.0156. The van der Waals surface area contributed by atoms with E-state index >= 15 is 0 Å². The molecular formula is C34H32O6S. The third-order valence-electron chi connectivity index (χ3n) is 6.66. The Hall–Kier alpha value is -3.88. The molecule has 4 atom stereocenters. The summed E-state index contributed by atoms with van der Waals surface area (Å²) in [6, 6.07) is 38.3. The molecule has 0 unspecified atom stereocenters. The quantitative estimate of drug-likeness (QED) is 0.185. The molecule has 1 aliphatic rings. The highest BCUT2D eigenvalue weighted by atomic mass is 32.2. The summed E-state index contributed by atoms with van der Waals surface area (Å²) >= 11 is 0. The lowest BCUT2D eigenvalue weighted by Crippen LogP contribution is -2.50. The van der Waals surface area contributed by atoms with Gasteiger partial charge in [-0.15, -0.1) is 0 Å². The van der Waals surface area contributed by atoms with Crippen LogP contribution in [0.3, 0.4) is 0 Å². The van der Waals surface area contributed by atoms with Crippen LogP contribution in [0.5, 0.6) is 0 Å². The van der Waals surface area contributed by atoms with E-state index < -0.39 is 29.1 Å². The fourth-order valence-corrected chi connectivity index (χ4v) is 5.96. The standard InChI is InChI=1S/C34H32O6S/c35-21-30-34(41(36)29-19-11-4-12-20-29)33(39-24-28-17-9-3-10-18-28)32(38-23-27-15-7-2-8-16-27)31(40-30)25-37-22-26-13-5-1-6-14-26/h1-21,31-33H,22-25H2/t31-,32+,33+,41-/m1/s1. The first-order valence-electron chi connectivity index (χ1n) is 13.5. The molecular weight excluding hydrogens is 536 g/mol. The van der Waals surface area contributed by atoms with Gasteiger partial charge in [0.05, 0.1) is 42.1 Å². The zero-order chi connectivity index (χ0) is 28.3. The summed E-state index contributed by atoms with van der Waals surface area (Å²) in [7, 11) is -1.73. The van der Waals surface area contributed by atoms with Crippen molar-refractivity contribution < 1.29 is 28.0 Å². The summed E-state index contributed by atoms with van der Waals surface area (Å²) in [5.41, 5.74) is 2.92. The second-order valence-electron chi connectivity index (χ2n) is 9.56. The molecule has 1 heterocycles. The van der Waals surface area contributed by atoms with Crippen LogP contribution < -0.4 is 0 Å². The average Bonchev–Trinajstić information content (AvgIpc) is 3.04. The molecule has 0 saturated heterocycles. The van der Waals surface area contributed by atoms with Gasteiger partial charge < -0.3 is 18.9 Å². The highest BCUT2D eigenvalue weighted by Gasteiger charge is 2.44. The Balaban J connectivity index is 1.48. The Bertz CT molecular complexity index is 1430. The van der Waals surface area contributed by atoms with Gasteiger partial charge in [0.1, 0.15) is 12.2 Å². The number of carbonyl (C=O) groups excluding carboxylic acids is 1. The SMILES string of the molecule is O=CC1=C([S@](=O)c2ccccc2)[C@@H](OCc2ccccc2)[C@@H](OCc2ccccc2)[C@@H](COCc2ccccc2)O1. The largest absolute Gasteiger partial charge is 0.481 e. The Labute approximate surface area is 243 Å². The van der Waals surface area contributed by atoms with Crippen molar-refractivity contribution in [1.82, 2.24) is 0 Å². The zero-order valence-corrected chi connectivity index (χ0v) is 23.4. The van der Waals surface area contributed by atoms with Crippen LogP contribution in [0.1, 0.15) is 16.7 Å². The molecule has 1 aliphatic heterocycles. The van der Waals surface area contributed by atoms with Gasteiger partial charge in [-0.25, -0.2) is 4.21 Å². The van der Waals surface area contributed by atoms with Gasteiger partial charge in [-0.3, -0.25) is 4.79 Å². The van der Waals surface area contributed by atoms with Crippen molar-refractivity contribution in [2.45, 2.75) is 43.0 Å². The minimum atomic E-state index is -1.73. The third kappa shape index (κ3) is 7.65. The predicted molar refractivity (Wildman–Crippen MR) is 157 cm³/mol. The zero-order valence-electron chi connectivity index (χ0n) is 22.5. The highest BCUT2D eigenvalue weighted by Crippen LogP contribution is 2.34. The van der Waals surface area contributed by atoms with Crippen LogP contribution in [0, 0.1) is 0 Å². The van der Waals surface area contributed by atoms with Crippen LogP contribution in [0.15, 0.2) is 137 Å². The summed E-state index contributed by atoms with van der Waals surface area (Å²) < 4.78 is 39.2. The van der Waals surface area contributed by atoms with Gasteiger partial charge in [0.15, 0.2) is 18.1 Å². The van der Waals surface area contributed by atoms with Gasteiger partial charge in [0.2, 0.25) is 0 Å². The third-order valence-corrected chi connectivity index (χ3v) is 8.19. The number of carbonyl (C=O) groups is 1. The molecule has 0 amide bonds. The molecule has 0 bridgehead atoms. The molecule has 6 nitrogen and oxygen atoms in total. The van der Waals surface area contributed by atoms with Crippen molar-refractivity contribution in [2.75, 3.05) is 6.61 Å². The van der Waals surface area contributed by atoms with E-state index in [9.17, 15) is 9.00 Å². The average molecular weight is 569 g/mol. The number of allylic oxidation sites excluding steroid dienone is 1. The van der Waals surface area contributed by atoms with Crippen LogP contribution >= 0.6 is 0 Å². The molecule has 5 rings (SSSR count). The fraction of sp³-hybridized carbons (Fsp3) is 0.206. The van der Waals surface area contributed by atoms with Crippen molar-refractivity contribution in [3.63, 3.8) is 0 Å². The molecule has 0 spiro atoms. The van der Waals surface area contributed by atoms with Crippen LogP contribution in [0.25, 0.3) is 0 Å². The van der Waals surface area contributed by atoms with E-state index in [1.807, 2.05) is 109 Å². The summed E-state index contributed by atoms with van der Waals surface area (Å²) in [4.78, 5) is 13.2. The van der Waals surface area contributed by atoms with E-state index in [0.29, 0.717) is 17.8 Å². The maximum absolute atomic E-state index is 14.0. The first-order valence-corrected chi connectivity index (χ1v) is 14.6. The van der Waals surface area contributed by atoms with E-state index in [4.69, 9.17) is 18.9 Å². The predicted octanol–water partition coefficient (Wildman–Crippen LogP) is 5.99. The van der Waals surface area contributed by atoms with Crippen molar-refractivity contribution in [1.29, 1.82) is 0 Å². The fourth-order valence-electron chi connectivity index (χ4n) is 4.61.